The number of sulfonamides is 1. The van der Waals surface area contributed by atoms with Crippen LogP contribution in [0, 0.1) is 0 Å². The summed E-state index contributed by atoms with van der Waals surface area (Å²) in [6, 6.07) is 9.06. The lowest BCUT2D eigenvalue weighted by Crippen LogP contribution is -2.27. The molecule has 1 amide bonds. The number of hydrogen-bond acceptors (Lipinski definition) is 6. The highest BCUT2D eigenvalue weighted by atomic mass is 32.2. The molecule has 0 aromatic heterocycles. The lowest BCUT2D eigenvalue weighted by molar-refractivity contribution is -0.118. The molecule has 2 aromatic carbocycles. The number of carbonyl (C=O) groups is 1. The molecule has 2 N–H and O–H groups in total. The predicted molar refractivity (Wildman–Crippen MR) is 100 cm³/mol. The van der Waals surface area contributed by atoms with Gasteiger partial charge in [-0.3, -0.25) is 9.52 Å². The summed E-state index contributed by atoms with van der Waals surface area (Å²) in [5, 5.41) is 2.45. The summed E-state index contributed by atoms with van der Waals surface area (Å²) in [5.74, 6) is -0.596. The lowest BCUT2D eigenvalue weighted by Gasteiger charge is -2.22. The normalized spacial score (nSPS) is 14.1. The van der Waals surface area contributed by atoms with Crippen molar-refractivity contribution in [2.75, 3.05) is 22.9 Å². The van der Waals surface area contributed by atoms with Gasteiger partial charge in [0.2, 0.25) is 0 Å². The Morgan fingerprint density at radius 1 is 1.15 bits per heavy atom. The van der Waals surface area contributed by atoms with Crippen LogP contribution in [0.4, 0.5) is 11.4 Å². The van der Waals surface area contributed by atoms with Crippen molar-refractivity contribution >= 4 is 37.1 Å². The van der Waals surface area contributed by atoms with Crippen LogP contribution in [0.1, 0.15) is 12.5 Å². The van der Waals surface area contributed by atoms with Gasteiger partial charge in [-0.15, -0.1) is 0 Å². The molecule has 0 aliphatic carbocycles. The molecule has 3 rings (SSSR count). The molecular formula is C17H18N2O6S2. The average Bonchev–Trinajstić information content (AvgIpc) is 2.59. The number of carbonyl (C=O) groups excluding carboxylic acids is 1. The van der Waals surface area contributed by atoms with E-state index in [1.807, 2.05) is 13.0 Å². The van der Waals surface area contributed by atoms with Gasteiger partial charge in [-0.1, -0.05) is 19.1 Å². The first-order valence-corrected chi connectivity index (χ1v) is 11.4. The maximum Gasteiger partial charge on any atom is 0.265 e. The fourth-order valence-electron chi connectivity index (χ4n) is 2.62. The van der Waals surface area contributed by atoms with Crippen LogP contribution >= 0.6 is 0 Å². The first kappa shape index (κ1) is 19.2. The molecule has 0 unspecified atom stereocenters. The summed E-state index contributed by atoms with van der Waals surface area (Å²) in [6.45, 7) is 1.58. The van der Waals surface area contributed by atoms with Gasteiger partial charge in [0, 0.05) is 11.9 Å². The minimum atomic E-state index is -4.17. The molecule has 1 aliphatic heterocycles. The van der Waals surface area contributed by atoms with Crippen molar-refractivity contribution < 1.29 is 26.4 Å². The maximum absolute atomic E-state index is 12.9. The van der Waals surface area contributed by atoms with Crippen LogP contribution in [0.3, 0.4) is 0 Å². The molecule has 8 nitrogen and oxygen atoms in total. The van der Waals surface area contributed by atoms with E-state index in [1.54, 1.807) is 18.2 Å². The summed E-state index contributed by atoms with van der Waals surface area (Å²) < 4.78 is 57.5. The first-order chi connectivity index (χ1) is 12.6. The fraction of sp³-hybridized carbons (Fsp3) is 0.235. The Hall–Kier alpha value is -2.59. The molecule has 0 fully saturated rings. The van der Waals surface area contributed by atoms with E-state index >= 15 is 0 Å². The van der Waals surface area contributed by atoms with Gasteiger partial charge in [0.1, 0.15) is 4.90 Å². The van der Waals surface area contributed by atoms with Crippen LogP contribution in [0.25, 0.3) is 0 Å². The second-order valence-corrected chi connectivity index (χ2v) is 9.73. The predicted octanol–water partition coefficient (Wildman–Crippen LogP) is 1.78. The molecule has 0 saturated heterocycles. The van der Waals surface area contributed by atoms with E-state index < -0.39 is 25.8 Å². The van der Waals surface area contributed by atoms with Gasteiger partial charge in [-0.05, 0) is 36.2 Å². The largest absolute Gasteiger partial charge is 0.480 e. The smallest absolute Gasteiger partial charge is 0.265 e. The summed E-state index contributed by atoms with van der Waals surface area (Å²) in [5.41, 5.74) is 1.27. The third-order valence-corrected chi connectivity index (χ3v) is 6.43. The average molecular weight is 410 g/mol. The van der Waals surface area contributed by atoms with E-state index in [1.165, 1.54) is 6.07 Å². The van der Waals surface area contributed by atoms with Gasteiger partial charge < -0.3 is 10.1 Å². The summed E-state index contributed by atoms with van der Waals surface area (Å²) >= 11 is 0. The first-order valence-electron chi connectivity index (χ1n) is 8.02. The lowest BCUT2D eigenvalue weighted by atomic mass is 10.1. The monoisotopic (exact) mass is 410 g/mol. The van der Waals surface area contributed by atoms with E-state index in [2.05, 4.69) is 10.0 Å². The Balaban J connectivity index is 2.13. The molecule has 0 saturated carbocycles. The van der Waals surface area contributed by atoms with Crippen LogP contribution in [-0.2, 0) is 31.1 Å². The van der Waals surface area contributed by atoms with Crippen molar-refractivity contribution in [1.82, 2.24) is 0 Å². The minimum Gasteiger partial charge on any atom is -0.480 e. The Morgan fingerprint density at radius 2 is 1.89 bits per heavy atom. The number of aryl methyl sites for hydroxylation is 1. The van der Waals surface area contributed by atoms with E-state index in [4.69, 9.17) is 4.74 Å². The minimum absolute atomic E-state index is 0.00291. The van der Waals surface area contributed by atoms with Crippen LogP contribution < -0.4 is 14.8 Å². The van der Waals surface area contributed by atoms with Crippen LogP contribution in [0.15, 0.2) is 46.2 Å². The zero-order chi connectivity index (χ0) is 19.8. The highest BCUT2D eigenvalue weighted by Crippen LogP contribution is 2.38. The Labute approximate surface area is 157 Å². The van der Waals surface area contributed by atoms with Crippen molar-refractivity contribution in [2.24, 2.45) is 0 Å². The van der Waals surface area contributed by atoms with Gasteiger partial charge in [-0.2, -0.15) is 0 Å². The molecule has 1 heterocycles. The molecule has 27 heavy (non-hydrogen) atoms. The maximum atomic E-state index is 12.9. The Kier molecular flexibility index (Phi) is 4.87. The Bertz CT molecular complexity index is 1120. The topological polar surface area (TPSA) is 119 Å². The zero-order valence-corrected chi connectivity index (χ0v) is 16.3. The van der Waals surface area contributed by atoms with E-state index in [-0.39, 0.29) is 27.8 Å². The molecule has 2 aromatic rings. The number of benzene rings is 2. The number of rotatable bonds is 5. The van der Waals surface area contributed by atoms with Gasteiger partial charge in [-0.25, -0.2) is 16.8 Å². The van der Waals surface area contributed by atoms with E-state index in [0.717, 1.165) is 24.3 Å². The third kappa shape index (κ3) is 4.06. The SMILES string of the molecule is CCc1cccc(NS(=O)(=O)c2cc(S(C)(=O)=O)cc3c2OCC(=O)N3)c1. The number of amides is 1. The molecular weight excluding hydrogens is 392 g/mol. The summed E-state index contributed by atoms with van der Waals surface area (Å²) in [7, 11) is -7.89. The molecule has 0 radical (unpaired) electrons. The van der Waals surface area contributed by atoms with Crippen molar-refractivity contribution in [2.45, 2.75) is 23.1 Å². The number of anilines is 2. The number of fused-ring (bicyclic) bond motifs is 1. The second-order valence-electron chi connectivity index (χ2n) is 6.07. The number of hydrogen-bond donors (Lipinski definition) is 2. The van der Waals surface area contributed by atoms with Crippen molar-refractivity contribution in [3.8, 4) is 5.75 Å². The van der Waals surface area contributed by atoms with Gasteiger partial charge in [0.25, 0.3) is 15.9 Å². The summed E-state index contributed by atoms with van der Waals surface area (Å²) in [4.78, 5) is 11.0. The van der Waals surface area contributed by atoms with E-state index in [0.29, 0.717) is 5.69 Å². The van der Waals surface area contributed by atoms with Crippen LogP contribution in [0.2, 0.25) is 0 Å². The zero-order valence-electron chi connectivity index (χ0n) is 14.6. The standard InChI is InChI=1S/C17H18N2O6S2/c1-3-11-5-4-6-12(7-11)19-27(23,24)15-9-13(26(2,21)22)8-14-17(15)25-10-16(20)18-14/h4-9,19H,3,10H2,1-2H3,(H,18,20). The van der Waals surface area contributed by atoms with Crippen molar-refractivity contribution in [1.29, 1.82) is 0 Å². The van der Waals surface area contributed by atoms with Gasteiger partial charge in [0.05, 0.1) is 10.6 Å². The Morgan fingerprint density at radius 3 is 2.56 bits per heavy atom. The van der Waals surface area contributed by atoms with Gasteiger partial charge >= 0.3 is 0 Å². The molecule has 0 atom stereocenters. The van der Waals surface area contributed by atoms with Crippen LogP contribution in [0.5, 0.6) is 5.75 Å². The van der Waals surface area contributed by atoms with Gasteiger partial charge in [0.15, 0.2) is 22.2 Å². The molecule has 0 bridgehead atoms. The highest BCUT2D eigenvalue weighted by Gasteiger charge is 2.29. The number of nitrogens with one attached hydrogen (secondary N) is 2. The quantitative estimate of drug-likeness (QED) is 0.776. The molecule has 0 spiro atoms. The highest BCUT2D eigenvalue weighted by molar-refractivity contribution is 7.93. The van der Waals surface area contributed by atoms with Crippen molar-refractivity contribution in [3.63, 3.8) is 0 Å². The number of ether oxygens (including phenoxy) is 1. The molecule has 144 valence electrons. The van der Waals surface area contributed by atoms with Crippen molar-refractivity contribution in [3.05, 3.63) is 42.0 Å². The third-order valence-electron chi connectivity index (χ3n) is 3.96. The second kappa shape index (κ2) is 6.86. The van der Waals surface area contributed by atoms with Crippen LogP contribution in [-0.4, -0.2) is 35.6 Å². The summed E-state index contributed by atoms with van der Waals surface area (Å²) in [6.07, 6.45) is 1.68. The van der Waals surface area contributed by atoms with E-state index in [9.17, 15) is 21.6 Å². The molecule has 10 heteroatoms. The molecule has 1 aliphatic rings. The fourth-order valence-corrected chi connectivity index (χ4v) is 4.60. The number of sulfone groups is 1.